The van der Waals surface area contributed by atoms with Crippen LogP contribution < -0.4 is 0 Å². The number of carbonyl (C=O) groups is 8. The molecule has 131 heavy (non-hydrogen) atoms. The number of Topliss-reactive ketones (excluding diaryl/α,β-unsaturated/α-hetero) is 2. The topological polar surface area (TPSA) is 428 Å². The van der Waals surface area contributed by atoms with Crippen LogP contribution >= 0.6 is 0 Å². The second-order valence-corrected chi connectivity index (χ2v) is 40.1. The summed E-state index contributed by atoms with van der Waals surface area (Å²) in [6.07, 6.45) is 1.84. The molecule has 3 fully saturated rings. The van der Waals surface area contributed by atoms with E-state index < -0.39 is 190 Å². The van der Waals surface area contributed by atoms with E-state index >= 15 is 0 Å². The average molecular weight is 1870 g/mol. The molecule has 32 nitrogen and oxygen atoms in total. The first-order valence-corrected chi connectivity index (χ1v) is 47.1. The van der Waals surface area contributed by atoms with Crippen LogP contribution in [0.1, 0.15) is 243 Å². The maximum Gasteiger partial charge on any atom is 0.316 e. The minimum atomic E-state index is -1.55. The number of ether oxygens (including phenoxy) is 14. The summed E-state index contributed by atoms with van der Waals surface area (Å²) in [4.78, 5) is 109. The summed E-state index contributed by atoms with van der Waals surface area (Å²) < 4.78 is 86.5. The second-order valence-electron chi connectivity index (χ2n) is 40.1. The maximum absolute atomic E-state index is 14.0. The van der Waals surface area contributed by atoms with Gasteiger partial charge in [0.2, 0.25) is 0 Å². The number of methoxy groups -OCH3 is 5. The highest BCUT2D eigenvalue weighted by atomic mass is 16.7. The van der Waals surface area contributed by atoms with Crippen LogP contribution in [-0.2, 0) is 105 Å². The number of ketones is 2. The molecule has 6 rings (SSSR count). The fraction of sp³-hybridized carbons (Fsp3) is 0.859. The molecule has 0 saturated carbocycles. The Morgan fingerprint density at radius 3 is 0.954 bits per heavy atom. The lowest BCUT2D eigenvalue weighted by Gasteiger charge is -2.48. The van der Waals surface area contributed by atoms with Gasteiger partial charge < -0.3 is 132 Å². The van der Waals surface area contributed by atoms with Crippen molar-refractivity contribution < 1.29 is 141 Å². The van der Waals surface area contributed by atoms with Gasteiger partial charge in [-0.2, -0.15) is 0 Å². The van der Waals surface area contributed by atoms with Gasteiger partial charge in [-0.25, -0.2) is 0 Å². The van der Waals surface area contributed by atoms with E-state index in [0.29, 0.717) is 44.9 Å². The molecule has 32 heteroatoms. The first-order chi connectivity index (χ1) is 60.4. The first-order valence-electron chi connectivity index (χ1n) is 47.1. The van der Waals surface area contributed by atoms with Gasteiger partial charge >= 0.3 is 17.9 Å². The minimum Gasteiger partial charge on any atom is -0.459 e. The summed E-state index contributed by atoms with van der Waals surface area (Å²) in [6.45, 7) is 43.4. The Morgan fingerprint density at radius 1 is 0.412 bits per heavy atom. The van der Waals surface area contributed by atoms with Crippen molar-refractivity contribution in [3.63, 3.8) is 0 Å². The largest absolute Gasteiger partial charge is 0.459 e. The molecule has 0 aromatic heterocycles. The van der Waals surface area contributed by atoms with Crippen LogP contribution in [0, 0.1) is 71.0 Å². The summed E-state index contributed by atoms with van der Waals surface area (Å²) in [6, 6.07) is -0.161. The van der Waals surface area contributed by atoms with Crippen molar-refractivity contribution in [1.29, 1.82) is 0 Å². The van der Waals surface area contributed by atoms with Crippen molar-refractivity contribution >= 4 is 48.3 Å². The van der Waals surface area contributed by atoms with Gasteiger partial charge in [-0.1, -0.05) is 97.3 Å². The van der Waals surface area contributed by atoms with Crippen LogP contribution in [0.2, 0.25) is 0 Å². The normalized spacial score (nSPS) is 43.3. The number of aliphatic hydroxyl groups is 6. The second kappa shape index (κ2) is 53.9. The van der Waals surface area contributed by atoms with E-state index in [4.69, 9.17) is 71.4 Å². The van der Waals surface area contributed by atoms with E-state index in [-0.39, 0.29) is 84.7 Å². The third-order valence-electron chi connectivity index (χ3n) is 29.1. The number of carbonyl (C=O) groups excluding carboxylic acids is 8. The van der Waals surface area contributed by atoms with E-state index in [0.717, 1.165) is 55.5 Å². The molecule has 0 aromatic rings. The van der Waals surface area contributed by atoms with Crippen LogP contribution in [0.15, 0.2) is 34.9 Å². The summed E-state index contributed by atoms with van der Waals surface area (Å²) >= 11 is 0. The Morgan fingerprint density at radius 2 is 0.679 bits per heavy atom. The number of esters is 3. The lowest BCUT2D eigenvalue weighted by atomic mass is 9.74. The van der Waals surface area contributed by atoms with Crippen LogP contribution in [0.3, 0.4) is 0 Å². The molecule has 0 unspecified atom stereocenters. The van der Waals surface area contributed by atoms with Gasteiger partial charge in [-0.3, -0.25) is 24.0 Å². The smallest absolute Gasteiger partial charge is 0.316 e. The van der Waals surface area contributed by atoms with Gasteiger partial charge in [0.05, 0.1) is 65.4 Å². The van der Waals surface area contributed by atoms with Crippen molar-refractivity contribution in [1.82, 2.24) is 14.7 Å². The molecule has 762 valence electrons. The maximum atomic E-state index is 14.0. The van der Waals surface area contributed by atoms with Gasteiger partial charge in [-0.15, -0.1) is 0 Å². The molecule has 6 aliphatic rings. The highest BCUT2D eigenvalue weighted by molar-refractivity contribution is 6.00. The predicted octanol–water partition coefficient (Wildman–Crippen LogP) is 9.81. The van der Waals surface area contributed by atoms with Crippen molar-refractivity contribution in [2.24, 2.45) is 71.0 Å². The molecule has 6 heterocycles. The Bertz CT molecular complexity index is 3610. The molecule has 8 N–H and O–H groups in total. The van der Waals surface area contributed by atoms with Crippen molar-refractivity contribution in [2.75, 3.05) is 84.9 Å². The van der Waals surface area contributed by atoms with Gasteiger partial charge in [0.25, 0.3) is 0 Å². The number of aliphatic hydroxyl groups excluding tert-OH is 3. The zero-order chi connectivity index (χ0) is 99.9. The van der Waals surface area contributed by atoms with Crippen LogP contribution in [0.25, 0.3) is 0 Å². The van der Waals surface area contributed by atoms with Gasteiger partial charge in [-0.05, 0) is 222 Å². The Labute approximate surface area is 784 Å². The molecular weight excluding hydrogens is 1700 g/mol. The van der Waals surface area contributed by atoms with Gasteiger partial charge in [0, 0.05) is 116 Å². The number of nitrogens with zero attached hydrogens (tertiary/aromatic N) is 3. The average Bonchev–Trinajstić information content (AvgIpc) is 0.786. The number of likely N-dealkylation sites (N-methyl/N-ethyl adjacent to an activating group) is 3. The lowest BCUT2D eigenvalue weighted by Crippen LogP contribution is -2.60. The summed E-state index contributed by atoms with van der Waals surface area (Å²) in [5, 5.41) is 64.9. The minimum absolute atomic E-state index is 0. The number of hydrogen-bond acceptors (Lipinski definition) is 31. The van der Waals surface area contributed by atoms with Crippen LogP contribution in [0.4, 0.5) is 0 Å². The third-order valence-corrected chi connectivity index (χ3v) is 29.1. The van der Waals surface area contributed by atoms with Gasteiger partial charge in [0.1, 0.15) is 84.1 Å². The highest BCUT2D eigenvalue weighted by Gasteiger charge is 2.56. The number of aldehydes is 3. The molecule has 0 spiro atoms. The summed E-state index contributed by atoms with van der Waals surface area (Å²) in [5.41, 5.74) is -5.15. The quantitative estimate of drug-likeness (QED) is 0.0182. The summed E-state index contributed by atoms with van der Waals surface area (Å²) in [7, 11) is 20.8. The standard InChI is InChI=1S/C33H59NO9.C33H57NO9.C32H55NO9.CH4O.H2O/c2*1-13-26-33(8,38)24(14-15-35)20(3)16-19(2)18-32(7,40-12)29(22(5)27(36)23(6)30(37)42-26)43-31-28(39-11)25(34(9)10)17-21(4)41-31;1-12-25-32(8,38)23(13-14-34)19(3)15-18(2)17-31(7,39-11)28(21(5)26(35)22(6)29(37)41-25)42-30-27(36)24(33(9)10)16-20(4)40-30;1-2;/h15-16,19,21-29,31,36,38H,13-14,17-18H2,1-12H3;15-16,19,21-26,28-29,31,38H,13-14,17-18H2,1-12H3;14-15,18,20-25,27-28,30,36,38H,12-13,16-17H2,1-11H3;2H,1H3;1H2/b2*20-16-;19-15-;;/t19-,21+,22-,23+,24+,25-,26+,27-,28+,29+,31-,32+,33-;19-,21+,22-,23+,24+,25-,26+,28+,29+,31-,32+,33-;18-,20+,21-,22+,23+,24-,25+,27+,28+,30-,31+,32-;;/m000../s1. The van der Waals surface area contributed by atoms with E-state index in [2.05, 4.69) is 16.7 Å². The monoisotopic (exact) mass is 1870 g/mol. The fourth-order valence-corrected chi connectivity index (χ4v) is 21.3. The van der Waals surface area contributed by atoms with E-state index in [1.807, 2.05) is 155 Å². The summed E-state index contributed by atoms with van der Waals surface area (Å²) in [5.74, 6) is -10.4. The molecule has 3 saturated heterocycles. The van der Waals surface area contributed by atoms with Crippen molar-refractivity contribution in [3.8, 4) is 0 Å². The third kappa shape index (κ3) is 30.8. The van der Waals surface area contributed by atoms with E-state index in [9.17, 15) is 63.9 Å². The molecule has 0 bridgehead atoms. The number of allylic oxidation sites excluding steroid dienone is 3. The molecule has 37 atom stereocenters. The molecule has 0 amide bonds. The SMILES string of the molecule is CC[C@H]1OC(=O)[C@H](C)C(=O)[C@H](C)[C@@H](O[C@@H]2O[C@H](C)C[C@H](N(C)C)[C@H]2O)[C@](C)(OC)C[C@@H](C)/C=C(/C)[C@@H](CC=O)[C@]1(C)O.CC[C@H]1OC(=O)[C@H](C)C(=O)[C@H](C)[C@@H](O[C@@H]2O[C@H](C)C[C@H](N(C)C)[C@H]2OC)[C@](C)(OC)C[C@@H](C)/C=C(/C)[C@@H](CC=O)[C@]1(C)O.CC[C@H]1OC(=O)[C@H](C)[C@@H](O)[C@H](C)[C@@H](O[C@@H]2O[C@H](C)C[C@H](N(C)C)[C@H]2OC)[C@](C)(OC)C[C@@H](C)/C=C(/C)[C@@H](CC=O)[C@]1(C)O.CO.O. The molecule has 6 aliphatic heterocycles. The highest BCUT2D eigenvalue weighted by Crippen LogP contribution is 2.46. The van der Waals surface area contributed by atoms with Gasteiger partial charge in [0.15, 0.2) is 30.4 Å². The van der Waals surface area contributed by atoms with E-state index in [1.165, 1.54) is 13.8 Å². The fourth-order valence-electron chi connectivity index (χ4n) is 21.3. The molecular formula is C99H177N3O29. The predicted molar refractivity (Wildman–Crippen MR) is 498 cm³/mol. The van der Waals surface area contributed by atoms with E-state index in [1.54, 1.807) is 90.9 Å². The Hall–Kier alpha value is -4.86. The molecule has 0 aliphatic carbocycles. The number of hydrogen-bond donors (Lipinski definition) is 6. The Balaban J connectivity index is 0.000000656. The van der Waals surface area contributed by atoms with Crippen LogP contribution in [-0.4, -0.2) is 334 Å². The van der Waals surface area contributed by atoms with Crippen molar-refractivity contribution in [2.45, 2.75) is 393 Å². The lowest BCUT2D eigenvalue weighted by molar-refractivity contribution is -0.304. The first kappa shape index (κ1) is 122. The molecule has 0 radical (unpaired) electrons. The Kier molecular flexibility index (Phi) is 50.3. The zero-order valence-electron chi connectivity index (χ0n) is 86.4. The molecule has 0 aromatic carbocycles. The number of cyclic esters (lactones) is 3. The van der Waals surface area contributed by atoms with Crippen molar-refractivity contribution in [3.05, 3.63) is 34.9 Å². The number of rotatable bonds is 23. The zero-order valence-corrected chi connectivity index (χ0v) is 86.4. The van der Waals surface area contributed by atoms with Crippen LogP contribution in [0.5, 0.6) is 0 Å².